The summed E-state index contributed by atoms with van der Waals surface area (Å²) in [6.07, 6.45) is 1.77. The molecule has 1 atom stereocenters. The van der Waals surface area contributed by atoms with Crippen LogP contribution in [0.25, 0.3) is 0 Å². The number of aliphatic hydroxyl groups excluding tert-OH is 1. The first-order valence-corrected chi connectivity index (χ1v) is 16.2. The number of hydrogen-bond acceptors (Lipinski definition) is 11. The lowest BCUT2D eigenvalue weighted by Gasteiger charge is -2.28. The molecule has 14 nitrogen and oxygen atoms in total. The molecule has 1 aromatic carbocycles. The Bertz CT molecular complexity index is 1490. The molecule has 1 aromatic heterocycles. The van der Waals surface area contributed by atoms with Gasteiger partial charge in [0.15, 0.2) is 0 Å². The molecule has 0 aliphatic rings. The highest BCUT2D eigenvalue weighted by molar-refractivity contribution is 8.07. The van der Waals surface area contributed by atoms with E-state index in [9.17, 15) is 14.4 Å². The molecule has 3 amide bonds. The van der Waals surface area contributed by atoms with E-state index in [4.69, 9.17) is 26.9 Å². The molecule has 1 heterocycles. The van der Waals surface area contributed by atoms with Gasteiger partial charge in [-0.2, -0.15) is 5.11 Å². The number of anilines is 2. The van der Waals surface area contributed by atoms with Gasteiger partial charge >= 0.3 is 12.1 Å². The fourth-order valence-corrected chi connectivity index (χ4v) is 5.21. The number of rotatable bonds is 18. The maximum Gasteiger partial charge on any atom is 0.407 e. The molecule has 0 fully saturated rings. The van der Waals surface area contributed by atoms with Crippen molar-refractivity contribution in [3.8, 4) is 0 Å². The second-order valence-corrected chi connectivity index (χ2v) is 12.9. The lowest BCUT2D eigenvalue weighted by molar-refractivity contribution is 0.146. The third-order valence-electron chi connectivity index (χ3n) is 6.71. The van der Waals surface area contributed by atoms with Crippen molar-refractivity contribution in [2.24, 2.45) is 21.6 Å². The van der Waals surface area contributed by atoms with Gasteiger partial charge in [0.25, 0.3) is 5.56 Å². The van der Waals surface area contributed by atoms with Gasteiger partial charge in [-0.25, -0.2) is 14.6 Å². The van der Waals surface area contributed by atoms with E-state index in [0.717, 1.165) is 36.6 Å². The monoisotopic (exact) mass is 689 g/mol. The van der Waals surface area contributed by atoms with Crippen LogP contribution in [0.1, 0.15) is 46.2 Å². The largest absolute Gasteiger partial charge is 0.514 e. The number of aryl methyl sites for hydroxylation is 1. The highest BCUT2D eigenvalue weighted by Gasteiger charge is 2.22. The summed E-state index contributed by atoms with van der Waals surface area (Å²) in [6, 6.07) is 8.24. The number of carbonyl (C=O) groups is 2. The van der Waals surface area contributed by atoms with Gasteiger partial charge < -0.3 is 25.4 Å². The zero-order valence-electron chi connectivity index (χ0n) is 27.4. The van der Waals surface area contributed by atoms with E-state index in [2.05, 4.69) is 61.5 Å². The van der Waals surface area contributed by atoms with Crippen LogP contribution in [0.15, 0.2) is 68.1 Å². The number of ether oxygens (including phenoxy) is 1. The number of alkyl carbamates (subject to hydrolysis) is 1. The number of aromatic amines is 1. The first-order valence-electron chi connectivity index (χ1n) is 15.0. The third-order valence-corrected chi connectivity index (χ3v) is 7.88. The number of carbonyl (C=O) groups excluding carboxylic acids is 2. The van der Waals surface area contributed by atoms with Gasteiger partial charge in [0.1, 0.15) is 16.8 Å². The number of likely N-dealkylation sites (N-methyl/N-ethyl adjacent to an activating group) is 1. The SMILES string of the molecule is C=C(N=Nc1ccc(N(CC)CCOC(=O)NCCC(C)(C)CC(C)CNC(=O)Nc2nc(C)cc(=O)[nH]2)cc1)SC(=CO)C(=N)Cl. The van der Waals surface area contributed by atoms with Crippen LogP contribution in [0, 0.1) is 23.7 Å². The van der Waals surface area contributed by atoms with E-state index in [-0.39, 0.29) is 44.6 Å². The molecule has 0 aliphatic heterocycles. The molecule has 0 saturated heterocycles. The number of urea groups is 1. The molecular weight excluding hydrogens is 646 g/mol. The van der Waals surface area contributed by atoms with Crippen molar-refractivity contribution in [1.82, 2.24) is 20.6 Å². The zero-order chi connectivity index (χ0) is 35.0. The number of nitrogens with zero attached hydrogens (tertiary/aromatic N) is 4. The van der Waals surface area contributed by atoms with Crippen molar-refractivity contribution in [3.63, 3.8) is 0 Å². The fourth-order valence-electron chi connectivity index (χ4n) is 4.57. The lowest BCUT2D eigenvalue weighted by Crippen LogP contribution is -2.35. The first kappa shape index (κ1) is 38.8. The topological polar surface area (TPSA) is 197 Å². The minimum Gasteiger partial charge on any atom is -0.514 e. The van der Waals surface area contributed by atoms with Gasteiger partial charge in [-0.1, -0.05) is 50.7 Å². The molecule has 47 heavy (non-hydrogen) atoms. The minimum absolute atomic E-state index is 0.0947. The molecule has 16 heteroatoms. The molecular formula is C31H44ClN9O5S. The average Bonchev–Trinajstić information content (AvgIpc) is 2.99. The van der Waals surface area contributed by atoms with E-state index in [1.54, 1.807) is 19.1 Å². The Kier molecular flexibility index (Phi) is 16.0. The Morgan fingerprint density at radius 2 is 2.00 bits per heavy atom. The van der Waals surface area contributed by atoms with Crippen LogP contribution in [-0.2, 0) is 4.74 Å². The fraction of sp³-hybridized carbons (Fsp3) is 0.452. The van der Waals surface area contributed by atoms with E-state index in [1.165, 1.54) is 6.07 Å². The molecule has 0 saturated carbocycles. The number of aromatic nitrogens is 2. The summed E-state index contributed by atoms with van der Waals surface area (Å²) >= 11 is 6.51. The zero-order valence-corrected chi connectivity index (χ0v) is 28.9. The number of amides is 3. The molecule has 0 aliphatic carbocycles. The predicted octanol–water partition coefficient (Wildman–Crippen LogP) is 6.80. The lowest BCUT2D eigenvalue weighted by atomic mass is 9.80. The van der Waals surface area contributed by atoms with Crippen molar-refractivity contribution in [3.05, 3.63) is 69.2 Å². The summed E-state index contributed by atoms with van der Waals surface area (Å²) in [4.78, 5) is 44.8. The van der Waals surface area contributed by atoms with E-state index >= 15 is 0 Å². The standard InChI is InChI=1S/C31H44ClN9O5S/c1-7-41(24-10-8-23(9-11-24)40-39-22(4)47-25(19-42)27(32)33)14-15-46-30(45)34-13-12-31(5,6)17-20(2)18-35-29(44)38-28-36-21(3)16-26(43)37-28/h8-11,16,19-20,33,42H,4,7,12-15,17-18H2,1-3,5-6H3,(H,34,45)(H3,35,36,37,38,43,44). The van der Waals surface area contributed by atoms with E-state index in [0.29, 0.717) is 37.6 Å². The third kappa shape index (κ3) is 15.2. The van der Waals surface area contributed by atoms with Crippen LogP contribution >= 0.6 is 23.4 Å². The van der Waals surface area contributed by atoms with Gasteiger partial charge in [-0.3, -0.25) is 20.5 Å². The summed E-state index contributed by atoms with van der Waals surface area (Å²) in [5.41, 5.74) is 1.58. The van der Waals surface area contributed by atoms with E-state index in [1.807, 2.05) is 26.0 Å². The van der Waals surface area contributed by atoms with Crippen molar-refractivity contribution in [2.45, 2.75) is 47.5 Å². The molecule has 0 radical (unpaired) electrons. The maximum atomic E-state index is 12.3. The van der Waals surface area contributed by atoms with Gasteiger partial charge in [0.2, 0.25) is 5.95 Å². The van der Waals surface area contributed by atoms with Gasteiger partial charge in [0, 0.05) is 37.1 Å². The van der Waals surface area contributed by atoms with Crippen molar-refractivity contribution < 1.29 is 19.4 Å². The number of azo groups is 1. The Morgan fingerprint density at radius 3 is 2.62 bits per heavy atom. The summed E-state index contributed by atoms with van der Waals surface area (Å²) < 4.78 is 5.40. The Morgan fingerprint density at radius 1 is 1.30 bits per heavy atom. The smallest absolute Gasteiger partial charge is 0.407 e. The number of allylic oxidation sites excluding steroid dienone is 1. The summed E-state index contributed by atoms with van der Waals surface area (Å²) in [5, 5.41) is 32.7. The molecule has 0 bridgehead atoms. The molecule has 2 rings (SSSR count). The number of benzene rings is 1. The van der Waals surface area contributed by atoms with Crippen LogP contribution in [0.4, 0.5) is 26.9 Å². The number of H-pyrrole nitrogens is 1. The first-order chi connectivity index (χ1) is 22.2. The van der Waals surface area contributed by atoms with Gasteiger partial charge in [-0.05, 0) is 62.3 Å². The average molecular weight is 690 g/mol. The van der Waals surface area contributed by atoms with Gasteiger partial charge in [0.05, 0.1) is 23.4 Å². The van der Waals surface area contributed by atoms with Crippen LogP contribution in [0.3, 0.4) is 0 Å². The summed E-state index contributed by atoms with van der Waals surface area (Å²) in [5.74, 6) is 0.259. The molecule has 2 aromatic rings. The second kappa shape index (κ2) is 19.3. The molecule has 0 spiro atoms. The Hall–Kier alpha value is -4.37. The second-order valence-electron chi connectivity index (χ2n) is 11.5. The number of hydrogen-bond donors (Lipinski definition) is 6. The van der Waals surface area contributed by atoms with Crippen LogP contribution in [-0.4, -0.2) is 65.2 Å². The number of nitrogens with one attached hydrogen (secondary N) is 5. The van der Waals surface area contributed by atoms with Crippen molar-refractivity contribution in [2.75, 3.05) is 43.0 Å². The van der Waals surface area contributed by atoms with Crippen LogP contribution in [0.5, 0.6) is 0 Å². The summed E-state index contributed by atoms with van der Waals surface area (Å²) in [7, 11) is 0. The van der Waals surface area contributed by atoms with Crippen LogP contribution < -0.4 is 26.4 Å². The minimum atomic E-state index is -0.483. The van der Waals surface area contributed by atoms with Crippen LogP contribution in [0.2, 0.25) is 0 Å². The van der Waals surface area contributed by atoms with E-state index < -0.39 is 12.1 Å². The molecule has 1 unspecified atom stereocenters. The molecule has 6 N–H and O–H groups in total. The number of halogens is 1. The quantitative estimate of drug-likeness (QED) is 0.0558. The van der Waals surface area contributed by atoms with Gasteiger partial charge in [-0.15, -0.1) is 5.11 Å². The number of thioether (sulfide) groups is 1. The highest BCUT2D eigenvalue weighted by Crippen LogP contribution is 2.29. The Labute approximate surface area is 284 Å². The Balaban J connectivity index is 1.69. The number of aliphatic hydroxyl groups is 1. The predicted molar refractivity (Wildman–Crippen MR) is 188 cm³/mol. The maximum absolute atomic E-state index is 12.3. The highest BCUT2D eigenvalue weighted by atomic mass is 35.5. The van der Waals surface area contributed by atoms with Crippen molar-refractivity contribution >= 4 is 58.0 Å². The van der Waals surface area contributed by atoms with Crippen molar-refractivity contribution in [1.29, 1.82) is 5.41 Å². The summed E-state index contributed by atoms with van der Waals surface area (Å²) in [6.45, 7) is 15.9. The normalized spacial score (nSPS) is 12.3. The molecule has 256 valence electrons.